The Morgan fingerprint density at radius 2 is 2.00 bits per heavy atom. The summed E-state index contributed by atoms with van der Waals surface area (Å²) in [7, 11) is 1.35. The number of carbonyl (C=O) groups excluding carboxylic acids is 1. The van der Waals surface area contributed by atoms with Crippen LogP contribution in [0.1, 0.15) is 21.5 Å². The van der Waals surface area contributed by atoms with Gasteiger partial charge in [-0.2, -0.15) is 0 Å². The number of ether oxygens (including phenoxy) is 1. The first kappa shape index (κ1) is 14.1. The number of benzene rings is 2. The lowest BCUT2D eigenvalue weighted by molar-refractivity contribution is 0.0602. The number of halogens is 1. The molecular formula is C16H16FNO2. The second-order valence-corrected chi connectivity index (χ2v) is 4.47. The summed E-state index contributed by atoms with van der Waals surface area (Å²) >= 11 is 0. The van der Waals surface area contributed by atoms with Gasteiger partial charge in [-0.15, -0.1) is 0 Å². The molecule has 0 radical (unpaired) electrons. The van der Waals surface area contributed by atoms with Gasteiger partial charge in [0.15, 0.2) is 0 Å². The van der Waals surface area contributed by atoms with Crippen molar-refractivity contribution in [3.05, 3.63) is 65.0 Å². The molecule has 2 aromatic rings. The molecule has 1 N–H and O–H groups in total. The molecule has 0 saturated heterocycles. The zero-order chi connectivity index (χ0) is 14.5. The van der Waals surface area contributed by atoms with E-state index in [-0.39, 0.29) is 11.8 Å². The fourth-order valence-electron chi connectivity index (χ4n) is 1.94. The summed E-state index contributed by atoms with van der Waals surface area (Å²) in [5.74, 6) is -0.605. The fraction of sp³-hybridized carbons (Fsp3) is 0.188. The van der Waals surface area contributed by atoms with Gasteiger partial charge in [-0.25, -0.2) is 9.18 Å². The number of carbonyl (C=O) groups is 1. The Labute approximate surface area is 117 Å². The minimum Gasteiger partial charge on any atom is -0.465 e. The monoisotopic (exact) mass is 273 g/mol. The Morgan fingerprint density at radius 3 is 2.70 bits per heavy atom. The van der Waals surface area contributed by atoms with Gasteiger partial charge in [-0.05, 0) is 36.2 Å². The molecule has 20 heavy (non-hydrogen) atoms. The lowest BCUT2D eigenvalue weighted by Crippen LogP contribution is -2.08. The number of hydrogen-bond donors (Lipinski definition) is 1. The Kier molecular flexibility index (Phi) is 4.35. The van der Waals surface area contributed by atoms with Crippen LogP contribution in [-0.4, -0.2) is 13.1 Å². The lowest BCUT2D eigenvalue weighted by Gasteiger charge is -2.11. The van der Waals surface area contributed by atoms with Crippen LogP contribution in [-0.2, 0) is 11.3 Å². The van der Waals surface area contributed by atoms with Crippen molar-refractivity contribution in [2.24, 2.45) is 0 Å². The van der Waals surface area contributed by atoms with E-state index in [0.29, 0.717) is 23.4 Å². The van der Waals surface area contributed by atoms with Crippen molar-refractivity contribution >= 4 is 11.7 Å². The average Bonchev–Trinajstić information content (AvgIpc) is 2.48. The predicted molar refractivity (Wildman–Crippen MR) is 76.2 cm³/mol. The molecule has 3 nitrogen and oxygen atoms in total. The van der Waals surface area contributed by atoms with E-state index in [0.717, 1.165) is 5.56 Å². The van der Waals surface area contributed by atoms with E-state index < -0.39 is 0 Å². The molecule has 0 aliphatic heterocycles. The number of nitrogens with one attached hydrogen (secondary N) is 1. The maximum atomic E-state index is 13.2. The normalized spacial score (nSPS) is 10.2. The highest BCUT2D eigenvalue weighted by Gasteiger charge is 2.10. The standard InChI is InChI=1S/C16H16FNO2/c1-11-9-12(7-8-14(11)17)10-18-15-6-4-3-5-13(15)16(19)20-2/h3-9,18H,10H2,1-2H3. The molecule has 0 unspecified atom stereocenters. The van der Waals surface area contributed by atoms with Crippen LogP contribution in [0.4, 0.5) is 10.1 Å². The van der Waals surface area contributed by atoms with Crippen LogP contribution < -0.4 is 5.32 Å². The van der Waals surface area contributed by atoms with E-state index >= 15 is 0 Å². The van der Waals surface area contributed by atoms with Gasteiger partial charge in [0.2, 0.25) is 0 Å². The molecular weight excluding hydrogens is 257 g/mol. The van der Waals surface area contributed by atoms with Crippen LogP contribution in [0.25, 0.3) is 0 Å². The number of rotatable bonds is 4. The summed E-state index contributed by atoms with van der Waals surface area (Å²) in [4.78, 5) is 11.6. The first-order valence-electron chi connectivity index (χ1n) is 6.28. The van der Waals surface area contributed by atoms with Gasteiger partial charge >= 0.3 is 5.97 Å². The molecule has 0 aromatic heterocycles. The summed E-state index contributed by atoms with van der Waals surface area (Å²) < 4.78 is 17.9. The van der Waals surface area contributed by atoms with E-state index in [1.807, 2.05) is 12.1 Å². The first-order chi connectivity index (χ1) is 9.61. The summed E-state index contributed by atoms with van der Waals surface area (Å²) in [5, 5.41) is 3.17. The van der Waals surface area contributed by atoms with Gasteiger partial charge in [-0.1, -0.05) is 24.3 Å². The van der Waals surface area contributed by atoms with E-state index in [9.17, 15) is 9.18 Å². The van der Waals surface area contributed by atoms with Crippen molar-refractivity contribution in [2.45, 2.75) is 13.5 Å². The molecule has 104 valence electrons. The fourth-order valence-corrected chi connectivity index (χ4v) is 1.94. The molecule has 0 heterocycles. The highest BCUT2D eigenvalue weighted by molar-refractivity contribution is 5.95. The number of methoxy groups -OCH3 is 1. The average molecular weight is 273 g/mol. The van der Waals surface area contributed by atoms with Crippen molar-refractivity contribution in [3.63, 3.8) is 0 Å². The number of esters is 1. The Hall–Kier alpha value is -2.36. The molecule has 0 spiro atoms. The third-order valence-corrected chi connectivity index (χ3v) is 3.04. The Morgan fingerprint density at radius 1 is 1.25 bits per heavy atom. The number of anilines is 1. The van der Waals surface area contributed by atoms with Crippen LogP contribution >= 0.6 is 0 Å². The smallest absolute Gasteiger partial charge is 0.339 e. The van der Waals surface area contributed by atoms with Crippen LogP contribution in [0.2, 0.25) is 0 Å². The number of para-hydroxylation sites is 1. The third kappa shape index (κ3) is 3.15. The molecule has 0 amide bonds. The largest absolute Gasteiger partial charge is 0.465 e. The summed E-state index contributed by atoms with van der Waals surface area (Å²) in [5.41, 5.74) is 2.73. The van der Waals surface area contributed by atoms with Gasteiger partial charge < -0.3 is 10.1 Å². The predicted octanol–water partition coefficient (Wildman–Crippen LogP) is 3.53. The molecule has 4 heteroatoms. The van der Waals surface area contributed by atoms with E-state index in [2.05, 4.69) is 5.32 Å². The van der Waals surface area contributed by atoms with Gasteiger partial charge in [0.1, 0.15) is 5.82 Å². The maximum absolute atomic E-state index is 13.2. The second kappa shape index (κ2) is 6.19. The topological polar surface area (TPSA) is 38.3 Å². The van der Waals surface area contributed by atoms with Crippen LogP contribution in [0.5, 0.6) is 0 Å². The van der Waals surface area contributed by atoms with Crippen molar-refractivity contribution in [1.82, 2.24) is 0 Å². The zero-order valence-electron chi connectivity index (χ0n) is 11.4. The molecule has 0 bridgehead atoms. The third-order valence-electron chi connectivity index (χ3n) is 3.04. The maximum Gasteiger partial charge on any atom is 0.339 e. The van der Waals surface area contributed by atoms with Crippen molar-refractivity contribution in [2.75, 3.05) is 12.4 Å². The molecule has 0 aliphatic carbocycles. The minimum absolute atomic E-state index is 0.219. The molecule has 2 aromatic carbocycles. The molecule has 0 saturated carbocycles. The van der Waals surface area contributed by atoms with E-state index in [1.54, 1.807) is 31.2 Å². The second-order valence-electron chi connectivity index (χ2n) is 4.47. The highest BCUT2D eigenvalue weighted by atomic mass is 19.1. The Bertz CT molecular complexity index is 626. The zero-order valence-corrected chi connectivity index (χ0v) is 11.4. The molecule has 0 aliphatic rings. The number of hydrogen-bond acceptors (Lipinski definition) is 3. The quantitative estimate of drug-likeness (QED) is 0.866. The van der Waals surface area contributed by atoms with Gasteiger partial charge in [0.05, 0.1) is 12.7 Å². The van der Waals surface area contributed by atoms with Crippen molar-refractivity contribution in [1.29, 1.82) is 0 Å². The number of aryl methyl sites for hydroxylation is 1. The van der Waals surface area contributed by atoms with Crippen molar-refractivity contribution < 1.29 is 13.9 Å². The molecule has 0 fully saturated rings. The van der Waals surface area contributed by atoms with E-state index in [1.165, 1.54) is 13.2 Å². The van der Waals surface area contributed by atoms with Gasteiger partial charge in [-0.3, -0.25) is 0 Å². The minimum atomic E-state index is -0.386. The van der Waals surface area contributed by atoms with Crippen molar-refractivity contribution in [3.8, 4) is 0 Å². The molecule has 0 atom stereocenters. The van der Waals surface area contributed by atoms with Crippen LogP contribution in [0, 0.1) is 12.7 Å². The Balaban J connectivity index is 2.14. The summed E-state index contributed by atoms with van der Waals surface area (Å²) in [6.45, 7) is 2.23. The highest BCUT2D eigenvalue weighted by Crippen LogP contribution is 2.18. The first-order valence-corrected chi connectivity index (χ1v) is 6.28. The van der Waals surface area contributed by atoms with Crippen LogP contribution in [0.15, 0.2) is 42.5 Å². The van der Waals surface area contributed by atoms with Crippen LogP contribution in [0.3, 0.4) is 0 Å². The summed E-state index contributed by atoms with van der Waals surface area (Å²) in [6.07, 6.45) is 0. The summed E-state index contributed by atoms with van der Waals surface area (Å²) in [6, 6.07) is 12.1. The van der Waals surface area contributed by atoms with Gasteiger partial charge in [0, 0.05) is 12.2 Å². The molecule has 2 rings (SSSR count). The van der Waals surface area contributed by atoms with Gasteiger partial charge in [0.25, 0.3) is 0 Å². The lowest BCUT2D eigenvalue weighted by atomic mass is 10.1. The van der Waals surface area contributed by atoms with E-state index in [4.69, 9.17) is 4.74 Å². The SMILES string of the molecule is COC(=O)c1ccccc1NCc1ccc(F)c(C)c1.